The van der Waals surface area contributed by atoms with E-state index < -0.39 is 0 Å². The van der Waals surface area contributed by atoms with Crippen molar-refractivity contribution in [2.24, 2.45) is 0 Å². The van der Waals surface area contributed by atoms with Gasteiger partial charge in [0.1, 0.15) is 13.2 Å². The van der Waals surface area contributed by atoms with Gasteiger partial charge < -0.3 is 14.4 Å². The molecule has 22 heavy (non-hydrogen) atoms. The summed E-state index contributed by atoms with van der Waals surface area (Å²) >= 11 is 0. The molecule has 0 aromatic heterocycles. The summed E-state index contributed by atoms with van der Waals surface area (Å²) in [6.07, 6.45) is 2.27. The highest BCUT2D eigenvalue weighted by Gasteiger charge is 2.40. The third kappa shape index (κ3) is 2.33. The second kappa shape index (κ2) is 5.47. The molecule has 0 unspecified atom stereocenters. The van der Waals surface area contributed by atoms with Crippen LogP contribution in [-0.4, -0.2) is 54.1 Å². The lowest BCUT2D eigenvalue weighted by Gasteiger charge is -2.41. The number of benzene rings is 1. The second-order valence-electron chi connectivity index (χ2n) is 6.41. The SMILES string of the molecule is C[C@H]1C(=O)N2CCC[C@H]2CN1Cc1ccc2c(c1)OCCO2. The molecule has 1 amide bonds. The first kappa shape index (κ1) is 13.9. The molecule has 5 nitrogen and oxygen atoms in total. The molecule has 5 heteroatoms. The monoisotopic (exact) mass is 302 g/mol. The Bertz CT molecular complexity index is 589. The van der Waals surface area contributed by atoms with Gasteiger partial charge in [-0.05, 0) is 37.5 Å². The molecule has 3 aliphatic heterocycles. The summed E-state index contributed by atoms with van der Waals surface area (Å²) in [4.78, 5) is 16.8. The van der Waals surface area contributed by atoms with Gasteiger partial charge in [0, 0.05) is 25.7 Å². The van der Waals surface area contributed by atoms with E-state index in [1.54, 1.807) is 0 Å². The van der Waals surface area contributed by atoms with Crippen molar-refractivity contribution in [2.45, 2.75) is 38.4 Å². The van der Waals surface area contributed by atoms with Crippen LogP contribution in [-0.2, 0) is 11.3 Å². The zero-order valence-electron chi connectivity index (χ0n) is 13.0. The number of ether oxygens (including phenoxy) is 2. The van der Waals surface area contributed by atoms with Crippen LogP contribution in [0.5, 0.6) is 11.5 Å². The van der Waals surface area contributed by atoms with Gasteiger partial charge in [-0.15, -0.1) is 0 Å². The van der Waals surface area contributed by atoms with Crippen LogP contribution >= 0.6 is 0 Å². The van der Waals surface area contributed by atoms with Gasteiger partial charge in [0.05, 0.1) is 6.04 Å². The number of amides is 1. The highest BCUT2D eigenvalue weighted by Crippen LogP contribution is 2.32. The third-order valence-corrected chi connectivity index (χ3v) is 5.00. The highest BCUT2D eigenvalue weighted by molar-refractivity contribution is 5.83. The van der Waals surface area contributed by atoms with Gasteiger partial charge in [0.15, 0.2) is 11.5 Å². The van der Waals surface area contributed by atoms with E-state index in [9.17, 15) is 4.79 Å². The lowest BCUT2D eigenvalue weighted by Crippen LogP contribution is -2.58. The lowest BCUT2D eigenvalue weighted by molar-refractivity contribution is -0.143. The Kier molecular flexibility index (Phi) is 3.45. The summed E-state index contributed by atoms with van der Waals surface area (Å²) in [7, 11) is 0. The Morgan fingerprint density at radius 2 is 2.05 bits per heavy atom. The van der Waals surface area contributed by atoms with Gasteiger partial charge in [-0.1, -0.05) is 6.07 Å². The Morgan fingerprint density at radius 1 is 1.23 bits per heavy atom. The number of nitrogens with zero attached hydrogens (tertiary/aromatic N) is 2. The van der Waals surface area contributed by atoms with Crippen LogP contribution in [0.15, 0.2) is 18.2 Å². The smallest absolute Gasteiger partial charge is 0.239 e. The van der Waals surface area contributed by atoms with E-state index in [0.29, 0.717) is 19.3 Å². The zero-order chi connectivity index (χ0) is 15.1. The lowest BCUT2D eigenvalue weighted by atomic mass is 10.1. The van der Waals surface area contributed by atoms with Crippen LogP contribution in [0.25, 0.3) is 0 Å². The molecule has 0 spiro atoms. The largest absolute Gasteiger partial charge is 0.486 e. The molecule has 3 heterocycles. The summed E-state index contributed by atoms with van der Waals surface area (Å²) in [5, 5.41) is 0. The molecule has 1 aromatic carbocycles. The summed E-state index contributed by atoms with van der Waals surface area (Å²) < 4.78 is 11.2. The van der Waals surface area contributed by atoms with E-state index in [4.69, 9.17) is 9.47 Å². The van der Waals surface area contributed by atoms with E-state index in [2.05, 4.69) is 15.9 Å². The van der Waals surface area contributed by atoms with Crippen LogP contribution in [0.2, 0.25) is 0 Å². The highest BCUT2D eigenvalue weighted by atomic mass is 16.6. The van der Waals surface area contributed by atoms with Gasteiger partial charge >= 0.3 is 0 Å². The van der Waals surface area contributed by atoms with E-state index in [-0.39, 0.29) is 11.9 Å². The maximum atomic E-state index is 12.5. The Labute approximate surface area is 130 Å². The molecule has 118 valence electrons. The number of hydrogen-bond donors (Lipinski definition) is 0. The van der Waals surface area contributed by atoms with Crippen molar-refractivity contribution in [3.8, 4) is 11.5 Å². The molecule has 0 aliphatic carbocycles. The summed E-state index contributed by atoms with van der Waals surface area (Å²) in [5.74, 6) is 1.92. The Morgan fingerprint density at radius 3 is 2.91 bits per heavy atom. The van der Waals surface area contributed by atoms with Gasteiger partial charge in [0.2, 0.25) is 5.91 Å². The fourth-order valence-corrected chi connectivity index (χ4v) is 3.76. The maximum absolute atomic E-state index is 12.5. The van der Waals surface area contributed by atoms with Crippen molar-refractivity contribution < 1.29 is 14.3 Å². The van der Waals surface area contributed by atoms with Crippen LogP contribution in [0, 0.1) is 0 Å². The standard InChI is InChI=1S/C17H22N2O3/c1-12-17(20)19-6-2-3-14(19)11-18(12)10-13-4-5-15-16(9-13)22-8-7-21-15/h4-5,9,12,14H,2-3,6-8,10-11H2,1H3/t12-,14-/m0/s1. The van der Waals surface area contributed by atoms with Crippen LogP contribution in [0.1, 0.15) is 25.3 Å². The van der Waals surface area contributed by atoms with Crippen LogP contribution in [0.3, 0.4) is 0 Å². The Balaban J connectivity index is 1.51. The van der Waals surface area contributed by atoms with E-state index in [1.807, 2.05) is 19.1 Å². The van der Waals surface area contributed by atoms with Crippen molar-refractivity contribution in [1.82, 2.24) is 9.80 Å². The number of carbonyl (C=O) groups is 1. The predicted octanol–water partition coefficient (Wildman–Crippen LogP) is 1.65. The van der Waals surface area contributed by atoms with Gasteiger partial charge in [-0.25, -0.2) is 0 Å². The number of piperazine rings is 1. The number of carbonyl (C=O) groups excluding carboxylic acids is 1. The summed E-state index contributed by atoms with van der Waals surface area (Å²) in [6.45, 7) is 5.93. The number of rotatable bonds is 2. The fraction of sp³-hybridized carbons (Fsp3) is 0.588. The van der Waals surface area contributed by atoms with Crippen molar-refractivity contribution in [3.05, 3.63) is 23.8 Å². The third-order valence-electron chi connectivity index (χ3n) is 5.00. The topological polar surface area (TPSA) is 42.0 Å². The number of hydrogen-bond acceptors (Lipinski definition) is 4. The van der Waals surface area contributed by atoms with E-state index >= 15 is 0 Å². The predicted molar refractivity (Wildman–Crippen MR) is 82.0 cm³/mol. The second-order valence-corrected chi connectivity index (χ2v) is 6.41. The minimum absolute atomic E-state index is 0.0393. The maximum Gasteiger partial charge on any atom is 0.239 e. The molecular weight excluding hydrogens is 280 g/mol. The quantitative estimate of drug-likeness (QED) is 0.833. The fourth-order valence-electron chi connectivity index (χ4n) is 3.76. The minimum Gasteiger partial charge on any atom is -0.486 e. The first-order valence-electron chi connectivity index (χ1n) is 8.15. The first-order valence-corrected chi connectivity index (χ1v) is 8.15. The summed E-state index contributed by atoms with van der Waals surface area (Å²) in [6, 6.07) is 6.46. The van der Waals surface area contributed by atoms with Crippen LogP contribution < -0.4 is 9.47 Å². The molecule has 0 radical (unpaired) electrons. The van der Waals surface area contributed by atoms with Crippen molar-refractivity contribution >= 4 is 5.91 Å². The van der Waals surface area contributed by atoms with Crippen molar-refractivity contribution in [1.29, 1.82) is 0 Å². The molecule has 2 atom stereocenters. The molecule has 4 rings (SSSR count). The average molecular weight is 302 g/mol. The molecule has 0 saturated carbocycles. The van der Waals surface area contributed by atoms with Crippen molar-refractivity contribution in [2.75, 3.05) is 26.3 Å². The van der Waals surface area contributed by atoms with Crippen molar-refractivity contribution in [3.63, 3.8) is 0 Å². The average Bonchev–Trinajstić information content (AvgIpc) is 3.01. The number of fused-ring (bicyclic) bond motifs is 2. The molecule has 0 N–H and O–H groups in total. The normalized spacial score (nSPS) is 27.9. The molecule has 2 fully saturated rings. The van der Waals surface area contributed by atoms with E-state index in [0.717, 1.165) is 44.0 Å². The first-order chi connectivity index (χ1) is 10.7. The molecule has 1 aromatic rings. The molecule has 2 saturated heterocycles. The molecular formula is C17H22N2O3. The molecule has 3 aliphatic rings. The van der Waals surface area contributed by atoms with Gasteiger partial charge in [-0.2, -0.15) is 0 Å². The van der Waals surface area contributed by atoms with Gasteiger partial charge in [0.25, 0.3) is 0 Å². The Hall–Kier alpha value is -1.75. The zero-order valence-corrected chi connectivity index (χ0v) is 13.0. The van der Waals surface area contributed by atoms with Crippen LogP contribution in [0.4, 0.5) is 0 Å². The van der Waals surface area contributed by atoms with E-state index in [1.165, 1.54) is 5.56 Å². The summed E-state index contributed by atoms with van der Waals surface area (Å²) in [5.41, 5.74) is 1.18. The molecule has 0 bridgehead atoms. The van der Waals surface area contributed by atoms with Gasteiger partial charge in [-0.3, -0.25) is 9.69 Å². The minimum atomic E-state index is -0.0393.